The van der Waals surface area contributed by atoms with Crippen molar-refractivity contribution in [3.63, 3.8) is 0 Å². The predicted molar refractivity (Wildman–Crippen MR) is 75.4 cm³/mol. The third kappa shape index (κ3) is 2.40. The van der Waals surface area contributed by atoms with Crippen molar-refractivity contribution in [2.45, 2.75) is 38.3 Å². The molecule has 1 N–H and O–H groups in total. The first-order valence-corrected chi connectivity index (χ1v) is 7.07. The maximum atomic E-state index is 10.5. The Morgan fingerprint density at radius 3 is 2.63 bits per heavy atom. The largest absolute Gasteiger partial charge is 0.382 e. The van der Waals surface area contributed by atoms with E-state index in [-0.39, 0.29) is 0 Å². The number of halogens is 1. The van der Waals surface area contributed by atoms with Crippen LogP contribution in [0.2, 0.25) is 5.02 Å². The smallest absolute Gasteiger partial charge is 0.122 e. The average Bonchev–Trinajstić information content (AvgIpc) is 3.21. The summed E-state index contributed by atoms with van der Waals surface area (Å²) in [5, 5.41) is 15.1. The Morgan fingerprint density at radius 1 is 1.37 bits per heavy atom. The van der Waals surface area contributed by atoms with Crippen molar-refractivity contribution in [3.05, 3.63) is 52.3 Å². The molecular weight excluding hydrogens is 260 g/mol. The molecule has 1 saturated carbocycles. The summed E-state index contributed by atoms with van der Waals surface area (Å²) in [6, 6.07) is 8.19. The van der Waals surface area contributed by atoms with Gasteiger partial charge in [0, 0.05) is 6.54 Å². The van der Waals surface area contributed by atoms with Crippen molar-refractivity contribution in [2.24, 2.45) is 0 Å². The zero-order chi connectivity index (χ0) is 13.4. The quantitative estimate of drug-likeness (QED) is 0.928. The summed E-state index contributed by atoms with van der Waals surface area (Å²) < 4.78 is 1.74. The van der Waals surface area contributed by atoms with Crippen LogP contribution in [-0.2, 0) is 6.54 Å². The van der Waals surface area contributed by atoms with Gasteiger partial charge in [0.1, 0.15) is 6.10 Å². The van der Waals surface area contributed by atoms with Crippen molar-refractivity contribution in [2.75, 3.05) is 0 Å². The fourth-order valence-corrected chi connectivity index (χ4v) is 2.67. The van der Waals surface area contributed by atoms with E-state index >= 15 is 0 Å². The van der Waals surface area contributed by atoms with Gasteiger partial charge in [-0.05, 0) is 36.8 Å². The first kappa shape index (κ1) is 12.7. The summed E-state index contributed by atoms with van der Waals surface area (Å²) in [5.41, 5.74) is 2.90. The molecule has 1 aromatic heterocycles. The van der Waals surface area contributed by atoms with Crippen molar-refractivity contribution >= 4 is 11.6 Å². The lowest BCUT2D eigenvalue weighted by atomic mass is 10.0. The standard InChI is InChI=1S/C15H17ClN2O/c1-2-18-14(13(16)9-17-18)15(19)12-7-5-11(6-8-12)10-3-4-10/h5-10,15,19H,2-4H2,1H3. The minimum absolute atomic E-state index is 0.514. The van der Waals surface area contributed by atoms with E-state index in [1.54, 1.807) is 10.9 Å². The van der Waals surface area contributed by atoms with Gasteiger partial charge in [-0.25, -0.2) is 0 Å². The monoisotopic (exact) mass is 276 g/mol. The van der Waals surface area contributed by atoms with Crippen LogP contribution in [0.1, 0.15) is 48.6 Å². The highest BCUT2D eigenvalue weighted by Gasteiger charge is 2.24. The molecule has 0 bridgehead atoms. The van der Waals surface area contributed by atoms with E-state index in [4.69, 9.17) is 11.6 Å². The lowest BCUT2D eigenvalue weighted by Crippen LogP contribution is -2.09. The molecule has 19 heavy (non-hydrogen) atoms. The van der Waals surface area contributed by atoms with Gasteiger partial charge in [0.2, 0.25) is 0 Å². The molecule has 1 fully saturated rings. The molecule has 4 heteroatoms. The third-order valence-corrected chi connectivity index (χ3v) is 3.98. The average molecular weight is 277 g/mol. The minimum atomic E-state index is -0.719. The molecule has 100 valence electrons. The number of rotatable bonds is 4. The highest BCUT2D eigenvalue weighted by Crippen LogP contribution is 2.40. The second-order valence-electron chi connectivity index (χ2n) is 5.04. The maximum Gasteiger partial charge on any atom is 0.122 e. The molecule has 0 aliphatic heterocycles. The normalized spacial score (nSPS) is 16.6. The summed E-state index contributed by atoms with van der Waals surface area (Å²) in [6.07, 6.45) is 3.44. The van der Waals surface area contributed by atoms with Crippen LogP contribution in [0.3, 0.4) is 0 Å². The first-order valence-electron chi connectivity index (χ1n) is 6.69. The molecule has 3 rings (SSSR count). The van der Waals surface area contributed by atoms with Crippen molar-refractivity contribution in [3.8, 4) is 0 Å². The van der Waals surface area contributed by atoms with E-state index in [1.807, 2.05) is 19.1 Å². The van der Waals surface area contributed by atoms with E-state index in [2.05, 4.69) is 17.2 Å². The summed E-state index contributed by atoms with van der Waals surface area (Å²) in [5.74, 6) is 0.732. The second-order valence-corrected chi connectivity index (χ2v) is 5.44. The van der Waals surface area contributed by atoms with E-state index in [9.17, 15) is 5.11 Å². The Balaban J connectivity index is 1.89. The lowest BCUT2D eigenvalue weighted by Gasteiger charge is -2.14. The zero-order valence-corrected chi connectivity index (χ0v) is 11.6. The lowest BCUT2D eigenvalue weighted by molar-refractivity contribution is 0.208. The predicted octanol–water partition coefficient (Wildman–Crippen LogP) is 3.52. The van der Waals surface area contributed by atoms with Crippen LogP contribution in [0, 0.1) is 0 Å². The second kappa shape index (κ2) is 4.99. The van der Waals surface area contributed by atoms with Crippen molar-refractivity contribution in [1.82, 2.24) is 9.78 Å². The van der Waals surface area contributed by atoms with Crippen LogP contribution in [0.4, 0.5) is 0 Å². The molecular formula is C15H17ClN2O. The molecule has 1 unspecified atom stereocenters. The van der Waals surface area contributed by atoms with Gasteiger partial charge in [0.25, 0.3) is 0 Å². The minimum Gasteiger partial charge on any atom is -0.382 e. The molecule has 0 radical (unpaired) electrons. The number of aromatic nitrogens is 2. The molecule has 1 atom stereocenters. The summed E-state index contributed by atoms with van der Waals surface area (Å²) in [4.78, 5) is 0. The topological polar surface area (TPSA) is 38.0 Å². The van der Waals surface area contributed by atoms with E-state index in [1.165, 1.54) is 18.4 Å². The molecule has 0 saturated heterocycles. The van der Waals surface area contributed by atoms with Gasteiger partial charge < -0.3 is 5.11 Å². The summed E-state index contributed by atoms with van der Waals surface area (Å²) >= 11 is 6.12. The number of aryl methyl sites for hydroxylation is 1. The van der Waals surface area contributed by atoms with E-state index in [0.29, 0.717) is 17.3 Å². The maximum absolute atomic E-state index is 10.5. The Hall–Kier alpha value is -1.32. The van der Waals surface area contributed by atoms with Gasteiger partial charge in [-0.1, -0.05) is 35.9 Å². The Morgan fingerprint density at radius 2 is 2.05 bits per heavy atom. The number of nitrogens with zero attached hydrogens (tertiary/aromatic N) is 2. The molecule has 1 aliphatic rings. The van der Waals surface area contributed by atoms with Gasteiger partial charge in [0.05, 0.1) is 16.9 Å². The van der Waals surface area contributed by atoms with Gasteiger partial charge in [0.15, 0.2) is 0 Å². The molecule has 0 amide bonds. The van der Waals surface area contributed by atoms with Crippen molar-refractivity contribution in [1.29, 1.82) is 0 Å². The number of hydrogen-bond acceptors (Lipinski definition) is 2. The fourth-order valence-electron chi connectivity index (χ4n) is 2.42. The van der Waals surface area contributed by atoms with E-state index in [0.717, 1.165) is 11.5 Å². The third-order valence-electron chi connectivity index (χ3n) is 3.69. The molecule has 1 heterocycles. The molecule has 1 aromatic carbocycles. The number of hydrogen-bond donors (Lipinski definition) is 1. The number of aliphatic hydroxyl groups excluding tert-OH is 1. The SMILES string of the molecule is CCn1ncc(Cl)c1C(O)c1ccc(C2CC2)cc1. The van der Waals surface area contributed by atoms with Crippen LogP contribution in [0.5, 0.6) is 0 Å². The van der Waals surface area contributed by atoms with Crippen LogP contribution in [-0.4, -0.2) is 14.9 Å². The van der Waals surface area contributed by atoms with Gasteiger partial charge in [-0.2, -0.15) is 5.10 Å². The molecule has 3 nitrogen and oxygen atoms in total. The Kier molecular flexibility index (Phi) is 3.33. The van der Waals surface area contributed by atoms with E-state index < -0.39 is 6.10 Å². The van der Waals surface area contributed by atoms with Crippen LogP contribution in [0.15, 0.2) is 30.5 Å². The Bertz CT molecular complexity index is 572. The Labute approximate surface area is 117 Å². The first-order chi connectivity index (χ1) is 9.20. The highest BCUT2D eigenvalue weighted by molar-refractivity contribution is 6.31. The molecule has 2 aromatic rings. The molecule has 0 spiro atoms. The van der Waals surface area contributed by atoms with Crippen LogP contribution in [0.25, 0.3) is 0 Å². The van der Waals surface area contributed by atoms with Crippen LogP contribution < -0.4 is 0 Å². The summed E-state index contributed by atoms with van der Waals surface area (Å²) in [6.45, 7) is 2.68. The number of benzene rings is 1. The van der Waals surface area contributed by atoms with Gasteiger partial charge in [-0.3, -0.25) is 4.68 Å². The van der Waals surface area contributed by atoms with Crippen molar-refractivity contribution < 1.29 is 5.11 Å². The van der Waals surface area contributed by atoms with Gasteiger partial charge in [-0.15, -0.1) is 0 Å². The zero-order valence-electron chi connectivity index (χ0n) is 10.9. The molecule has 1 aliphatic carbocycles. The van der Waals surface area contributed by atoms with Crippen LogP contribution >= 0.6 is 11.6 Å². The van der Waals surface area contributed by atoms with Gasteiger partial charge >= 0.3 is 0 Å². The highest BCUT2D eigenvalue weighted by atomic mass is 35.5. The fraction of sp³-hybridized carbons (Fsp3) is 0.400. The summed E-state index contributed by atoms with van der Waals surface area (Å²) in [7, 11) is 0. The number of aliphatic hydroxyl groups is 1.